The van der Waals surface area contributed by atoms with Gasteiger partial charge in [0.05, 0.1) is 17.9 Å². The van der Waals surface area contributed by atoms with Crippen LogP contribution in [0.2, 0.25) is 0 Å². The van der Waals surface area contributed by atoms with Gasteiger partial charge in [0.1, 0.15) is 3.57 Å². The van der Waals surface area contributed by atoms with Crippen LogP contribution in [0.15, 0.2) is 11.0 Å². The van der Waals surface area contributed by atoms with Crippen molar-refractivity contribution in [2.45, 2.75) is 18.9 Å². The number of ether oxygens (including phenoxy) is 1. The molecule has 82 valence electrons. The van der Waals surface area contributed by atoms with Crippen molar-refractivity contribution in [2.75, 3.05) is 18.9 Å². The van der Waals surface area contributed by atoms with Gasteiger partial charge >= 0.3 is 0 Å². The molecule has 2 rings (SSSR count). The summed E-state index contributed by atoms with van der Waals surface area (Å²) < 4.78 is 7.32. The molecule has 5 nitrogen and oxygen atoms in total. The number of nitrogen functional groups attached to an aromatic ring is 1. The predicted octanol–water partition coefficient (Wildman–Crippen LogP) is 0.782. The number of nitrogens with two attached hydrogens (primary N) is 1. The molecule has 1 aliphatic rings. The Kier molecular flexibility index (Phi) is 3.25. The van der Waals surface area contributed by atoms with E-state index >= 15 is 0 Å². The molecule has 2 heterocycles. The summed E-state index contributed by atoms with van der Waals surface area (Å²) in [5.41, 5.74) is 5.96. The van der Waals surface area contributed by atoms with E-state index < -0.39 is 0 Å². The summed E-state index contributed by atoms with van der Waals surface area (Å²) in [6, 6.07) is 0.153. The monoisotopic (exact) mass is 321 g/mol. The van der Waals surface area contributed by atoms with Gasteiger partial charge in [0.15, 0.2) is 0 Å². The SMILES string of the molecule is Nc1cnn(C2CCOCC2)c(=O)c1I. The van der Waals surface area contributed by atoms with Crippen LogP contribution in [0.5, 0.6) is 0 Å². The first-order chi connectivity index (χ1) is 7.20. The van der Waals surface area contributed by atoms with Gasteiger partial charge in [-0.25, -0.2) is 4.68 Å². The molecule has 0 aliphatic carbocycles. The molecule has 1 aliphatic heterocycles. The van der Waals surface area contributed by atoms with Gasteiger partial charge in [-0.05, 0) is 35.4 Å². The quantitative estimate of drug-likeness (QED) is 0.776. The molecule has 6 heteroatoms. The number of anilines is 1. The van der Waals surface area contributed by atoms with E-state index in [1.807, 2.05) is 22.6 Å². The molecule has 0 unspecified atom stereocenters. The zero-order chi connectivity index (χ0) is 10.8. The second-order valence-electron chi connectivity index (χ2n) is 3.51. The van der Waals surface area contributed by atoms with E-state index in [9.17, 15) is 4.79 Å². The highest BCUT2D eigenvalue weighted by atomic mass is 127. The lowest BCUT2D eigenvalue weighted by Gasteiger charge is -2.23. The maximum absolute atomic E-state index is 11.9. The summed E-state index contributed by atoms with van der Waals surface area (Å²) in [5, 5.41) is 4.08. The number of aromatic nitrogens is 2. The molecule has 0 bridgehead atoms. The molecule has 2 N–H and O–H groups in total. The van der Waals surface area contributed by atoms with Crippen molar-refractivity contribution in [3.8, 4) is 0 Å². The molecular formula is C9H12IN3O2. The summed E-state index contributed by atoms with van der Waals surface area (Å²) in [6.45, 7) is 1.39. The van der Waals surface area contributed by atoms with Gasteiger partial charge in [-0.3, -0.25) is 4.79 Å². The van der Waals surface area contributed by atoms with Crippen LogP contribution in [0.1, 0.15) is 18.9 Å². The smallest absolute Gasteiger partial charge is 0.282 e. The van der Waals surface area contributed by atoms with Crippen molar-refractivity contribution in [1.82, 2.24) is 9.78 Å². The van der Waals surface area contributed by atoms with Crippen LogP contribution in [0, 0.1) is 3.57 Å². The third-order valence-corrected chi connectivity index (χ3v) is 3.59. The lowest BCUT2D eigenvalue weighted by atomic mass is 10.1. The molecule has 0 spiro atoms. The zero-order valence-electron chi connectivity index (χ0n) is 8.15. The topological polar surface area (TPSA) is 70.1 Å². The molecular weight excluding hydrogens is 309 g/mol. The Bertz CT molecular complexity index is 412. The lowest BCUT2D eigenvalue weighted by molar-refractivity contribution is 0.0647. The fraction of sp³-hybridized carbons (Fsp3) is 0.556. The van der Waals surface area contributed by atoms with E-state index in [-0.39, 0.29) is 11.6 Å². The van der Waals surface area contributed by atoms with Crippen LogP contribution in [0.4, 0.5) is 5.69 Å². The van der Waals surface area contributed by atoms with Gasteiger partial charge in [-0.15, -0.1) is 0 Å². The van der Waals surface area contributed by atoms with Gasteiger partial charge < -0.3 is 10.5 Å². The van der Waals surface area contributed by atoms with Crippen molar-refractivity contribution < 1.29 is 4.74 Å². The summed E-state index contributed by atoms with van der Waals surface area (Å²) in [5.74, 6) is 0. The van der Waals surface area contributed by atoms with E-state index in [1.165, 1.54) is 4.68 Å². The maximum atomic E-state index is 11.9. The summed E-state index contributed by atoms with van der Waals surface area (Å²) in [7, 11) is 0. The standard InChI is InChI=1S/C9H12IN3O2/c10-8-7(11)5-12-13(9(8)14)6-1-3-15-4-2-6/h5-6H,1-4,11H2. The highest BCUT2D eigenvalue weighted by Gasteiger charge is 2.19. The number of hydrogen-bond donors (Lipinski definition) is 1. The first-order valence-electron chi connectivity index (χ1n) is 4.80. The lowest BCUT2D eigenvalue weighted by Crippen LogP contribution is -2.32. The third kappa shape index (κ3) is 2.15. The minimum absolute atomic E-state index is 0.0949. The molecule has 1 fully saturated rings. The molecule has 1 saturated heterocycles. The van der Waals surface area contributed by atoms with Crippen molar-refractivity contribution in [1.29, 1.82) is 0 Å². The maximum Gasteiger partial charge on any atom is 0.282 e. The Balaban J connectivity index is 2.35. The van der Waals surface area contributed by atoms with E-state index in [0.29, 0.717) is 22.5 Å². The third-order valence-electron chi connectivity index (χ3n) is 2.51. The molecule has 1 aromatic rings. The first-order valence-corrected chi connectivity index (χ1v) is 5.88. The second kappa shape index (κ2) is 4.48. The second-order valence-corrected chi connectivity index (χ2v) is 4.59. The van der Waals surface area contributed by atoms with Crippen LogP contribution >= 0.6 is 22.6 Å². The van der Waals surface area contributed by atoms with E-state index in [0.717, 1.165) is 12.8 Å². The minimum Gasteiger partial charge on any atom is -0.396 e. The minimum atomic E-state index is -0.0949. The number of hydrogen-bond acceptors (Lipinski definition) is 4. The molecule has 0 saturated carbocycles. The van der Waals surface area contributed by atoms with Crippen molar-refractivity contribution >= 4 is 28.3 Å². The fourth-order valence-corrected chi connectivity index (χ4v) is 2.03. The number of nitrogens with zero attached hydrogens (tertiary/aromatic N) is 2. The number of rotatable bonds is 1. The van der Waals surface area contributed by atoms with Crippen LogP contribution < -0.4 is 11.3 Å². The van der Waals surface area contributed by atoms with Crippen molar-refractivity contribution in [3.05, 3.63) is 20.1 Å². The molecule has 0 radical (unpaired) electrons. The van der Waals surface area contributed by atoms with Gasteiger partial charge in [-0.2, -0.15) is 5.10 Å². The molecule has 1 aromatic heterocycles. The molecule has 0 atom stereocenters. The average molecular weight is 321 g/mol. The van der Waals surface area contributed by atoms with Crippen LogP contribution in [-0.2, 0) is 4.74 Å². The summed E-state index contributed by atoms with van der Waals surface area (Å²) >= 11 is 1.96. The van der Waals surface area contributed by atoms with Crippen LogP contribution in [-0.4, -0.2) is 23.0 Å². The molecule has 15 heavy (non-hydrogen) atoms. The molecule has 0 amide bonds. The van der Waals surface area contributed by atoms with Crippen LogP contribution in [0.3, 0.4) is 0 Å². The Morgan fingerprint density at radius 2 is 2.20 bits per heavy atom. The highest BCUT2D eigenvalue weighted by Crippen LogP contribution is 2.18. The zero-order valence-corrected chi connectivity index (χ0v) is 10.3. The Morgan fingerprint density at radius 3 is 2.87 bits per heavy atom. The predicted molar refractivity (Wildman–Crippen MR) is 64.7 cm³/mol. The Morgan fingerprint density at radius 1 is 1.53 bits per heavy atom. The number of halogens is 1. The first kappa shape index (κ1) is 10.9. The normalized spacial score (nSPS) is 17.9. The summed E-state index contributed by atoms with van der Waals surface area (Å²) in [6.07, 6.45) is 3.22. The van der Waals surface area contributed by atoms with E-state index in [1.54, 1.807) is 6.20 Å². The van der Waals surface area contributed by atoms with E-state index in [2.05, 4.69) is 5.10 Å². The largest absolute Gasteiger partial charge is 0.396 e. The van der Waals surface area contributed by atoms with Crippen molar-refractivity contribution in [2.24, 2.45) is 0 Å². The highest BCUT2D eigenvalue weighted by molar-refractivity contribution is 14.1. The average Bonchev–Trinajstić information content (AvgIpc) is 2.27. The van der Waals surface area contributed by atoms with Crippen molar-refractivity contribution in [3.63, 3.8) is 0 Å². The van der Waals surface area contributed by atoms with Gasteiger partial charge in [0, 0.05) is 13.2 Å². The van der Waals surface area contributed by atoms with E-state index in [4.69, 9.17) is 10.5 Å². The van der Waals surface area contributed by atoms with Crippen LogP contribution in [0.25, 0.3) is 0 Å². The Hall–Kier alpha value is -0.630. The van der Waals surface area contributed by atoms with Gasteiger partial charge in [0.2, 0.25) is 0 Å². The summed E-state index contributed by atoms with van der Waals surface area (Å²) in [4.78, 5) is 11.9. The Labute approximate surface area is 101 Å². The fourth-order valence-electron chi connectivity index (χ4n) is 1.65. The molecule has 0 aromatic carbocycles. The van der Waals surface area contributed by atoms with Gasteiger partial charge in [0.25, 0.3) is 5.56 Å². The van der Waals surface area contributed by atoms with Gasteiger partial charge in [-0.1, -0.05) is 0 Å².